The van der Waals surface area contributed by atoms with Crippen molar-refractivity contribution in [2.24, 2.45) is 0 Å². The van der Waals surface area contributed by atoms with Crippen LogP contribution < -0.4 is 15.0 Å². The van der Waals surface area contributed by atoms with Crippen LogP contribution in [0.1, 0.15) is 67.8 Å². The van der Waals surface area contributed by atoms with E-state index in [2.05, 4.69) is 37.1 Å². The van der Waals surface area contributed by atoms with Gasteiger partial charge < -0.3 is 15.0 Å². The van der Waals surface area contributed by atoms with Crippen LogP contribution in [0.3, 0.4) is 0 Å². The van der Waals surface area contributed by atoms with E-state index in [1.807, 2.05) is 18.2 Å². The number of piperidine rings is 1. The molecule has 8 rings (SSSR count). The van der Waals surface area contributed by atoms with Crippen LogP contribution in [-0.4, -0.2) is 64.9 Å². The van der Waals surface area contributed by atoms with Gasteiger partial charge in [0.05, 0.1) is 27.9 Å². The van der Waals surface area contributed by atoms with E-state index in [4.69, 9.17) is 14.7 Å². The maximum absolute atomic E-state index is 14.6. The predicted octanol–water partition coefficient (Wildman–Crippen LogP) is 6.05. The highest BCUT2D eigenvalue weighted by Gasteiger charge is 2.49. The highest BCUT2D eigenvalue weighted by molar-refractivity contribution is 9.10. The lowest BCUT2D eigenvalue weighted by Gasteiger charge is -2.35. The summed E-state index contributed by atoms with van der Waals surface area (Å²) >= 11 is 3.52. The fourth-order valence-electron chi connectivity index (χ4n) is 8.53. The Morgan fingerprint density at radius 2 is 1.95 bits per heavy atom. The van der Waals surface area contributed by atoms with Crippen LogP contribution in [0, 0.1) is 5.82 Å². The third kappa shape index (κ3) is 4.54. The van der Waals surface area contributed by atoms with E-state index in [0.29, 0.717) is 54.6 Å². The van der Waals surface area contributed by atoms with E-state index in [9.17, 15) is 8.78 Å². The maximum atomic E-state index is 14.6. The molecule has 2 bridgehead atoms. The third-order valence-corrected chi connectivity index (χ3v) is 11.2. The first kappa shape index (κ1) is 26.3. The second kappa shape index (κ2) is 10.1. The molecule has 6 heterocycles. The van der Waals surface area contributed by atoms with Gasteiger partial charge in [-0.05, 0) is 90.5 Å². The standard InChI is InChI=1S/C32H36BrF2N5O/c33-29-25(35)8-5-19-3-1-4-27(28(19)29)39-12-9-24-26(17-39)37-31(38-30(24)20-13-22-6-7-23(14-20)36-22)41-18-32-10-2-11-40(32)16-21(34)15-32/h1,3-5,8,20-23,36H,2,6-7,9-18H2/t20?,21?,22-,23+,32-/m0/s1. The average molecular weight is 625 g/mol. The molecule has 0 aliphatic carbocycles. The number of benzene rings is 2. The number of nitrogens with zero attached hydrogens (tertiary/aromatic N) is 4. The Morgan fingerprint density at radius 1 is 1.10 bits per heavy atom. The number of hydrogen-bond acceptors (Lipinski definition) is 6. The average Bonchev–Trinajstić information content (AvgIpc) is 3.63. The Bertz CT molecular complexity index is 1490. The van der Waals surface area contributed by atoms with Crippen LogP contribution in [0.25, 0.3) is 10.8 Å². The molecule has 6 nitrogen and oxygen atoms in total. The van der Waals surface area contributed by atoms with Crippen molar-refractivity contribution in [1.82, 2.24) is 20.2 Å². The minimum atomic E-state index is -0.789. The molecule has 2 aromatic carbocycles. The number of rotatable bonds is 5. The molecule has 2 unspecified atom stereocenters. The van der Waals surface area contributed by atoms with Crippen molar-refractivity contribution in [1.29, 1.82) is 0 Å². The second-order valence-corrected chi connectivity index (χ2v) is 13.7. The molecule has 5 atom stereocenters. The Kier molecular flexibility index (Phi) is 6.49. The Morgan fingerprint density at radius 3 is 2.80 bits per heavy atom. The summed E-state index contributed by atoms with van der Waals surface area (Å²) in [5, 5.41) is 5.66. The summed E-state index contributed by atoms with van der Waals surface area (Å²) in [7, 11) is 0. The number of ether oxygens (including phenoxy) is 1. The summed E-state index contributed by atoms with van der Waals surface area (Å²) in [4.78, 5) is 14.7. The van der Waals surface area contributed by atoms with Gasteiger partial charge in [-0.15, -0.1) is 0 Å². The predicted molar refractivity (Wildman–Crippen MR) is 159 cm³/mol. The van der Waals surface area contributed by atoms with Gasteiger partial charge in [0.2, 0.25) is 0 Å². The smallest absolute Gasteiger partial charge is 0.316 e. The zero-order valence-corrected chi connectivity index (χ0v) is 24.8. The number of halogens is 3. The number of aromatic nitrogens is 2. The van der Waals surface area contributed by atoms with Crippen molar-refractivity contribution in [3.05, 3.63) is 57.6 Å². The summed E-state index contributed by atoms with van der Waals surface area (Å²) in [6, 6.07) is 11.0. The van der Waals surface area contributed by atoms with Gasteiger partial charge in [0.1, 0.15) is 18.6 Å². The molecular weight excluding hydrogens is 588 g/mol. The molecule has 216 valence electrons. The fourth-order valence-corrected chi connectivity index (χ4v) is 9.09. The van der Waals surface area contributed by atoms with Gasteiger partial charge in [-0.2, -0.15) is 9.97 Å². The molecule has 0 amide bonds. The SMILES string of the molecule is Fc1ccc2cccc(N3CCc4c(nc(OC[C@@]56CCCN5CC(F)C6)nc4C4C[C@H]5CC[C@@H](C4)N5)C3)c2c1Br. The van der Waals surface area contributed by atoms with Crippen LogP contribution in [0.2, 0.25) is 0 Å². The van der Waals surface area contributed by atoms with Crippen LogP contribution in [0.5, 0.6) is 6.01 Å². The molecule has 41 heavy (non-hydrogen) atoms. The van der Waals surface area contributed by atoms with Crippen LogP contribution in [0.4, 0.5) is 14.5 Å². The van der Waals surface area contributed by atoms with Crippen molar-refractivity contribution in [2.75, 3.05) is 31.1 Å². The van der Waals surface area contributed by atoms with Crippen LogP contribution in [0.15, 0.2) is 34.8 Å². The van der Waals surface area contributed by atoms with Gasteiger partial charge in [0.25, 0.3) is 0 Å². The molecule has 1 aromatic heterocycles. The van der Waals surface area contributed by atoms with Crippen LogP contribution >= 0.6 is 15.9 Å². The molecular formula is C32H36BrF2N5O. The van der Waals surface area contributed by atoms with Gasteiger partial charge >= 0.3 is 6.01 Å². The van der Waals surface area contributed by atoms with Crippen molar-refractivity contribution >= 4 is 32.4 Å². The van der Waals surface area contributed by atoms with Crippen molar-refractivity contribution in [2.45, 2.75) is 87.6 Å². The monoisotopic (exact) mass is 623 g/mol. The zero-order valence-electron chi connectivity index (χ0n) is 23.2. The van der Waals surface area contributed by atoms with Gasteiger partial charge in [-0.25, -0.2) is 8.78 Å². The molecule has 4 saturated heterocycles. The van der Waals surface area contributed by atoms with Crippen molar-refractivity contribution < 1.29 is 13.5 Å². The summed E-state index contributed by atoms with van der Waals surface area (Å²) in [6.45, 7) is 3.31. The van der Waals surface area contributed by atoms with Crippen molar-refractivity contribution in [3.63, 3.8) is 0 Å². The summed E-state index contributed by atoms with van der Waals surface area (Å²) in [6.07, 6.45) is 7.30. The Hall–Kier alpha value is -2.36. The molecule has 0 radical (unpaired) electrons. The van der Waals surface area contributed by atoms with Gasteiger partial charge in [-0.3, -0.25) is 4.90 Å². The summed E-state index contributed by atoms with van der Waals surface area (Å²) in [5.74, 6) is 0.133. The molecule has 3 aromatic rings. The van der Waals surface area contributed by atoms with E-state index < -0.39 is 6.17 Å². The zero-order chi connectivity index (χ0) is 27.7. The highest BCUT2D eigenvalue weighted by Crippen LogP contribution is 2.43. The summed E-state index contributed by atoms with van der Waals surface area (Å²) < 4.78 is 36.0. The normalized spacial score (nSPS) is 31.0. The number of hydrogen-bond donors (Lipinski definition) is 1. The van der Waals surface area contributed by atoms with Gasteiger partial charge in [0.15, 0.2) is 0 Å². The second-order valence-electron chi connectivity index (χ2n) is 12.9. The molecule has 4 fully saturated rings. The lowest BCUT2D eigenvalue weighted by atomic mass is 9.85. The minimum Gasteiger partial charge on any atom is -0.461 e. The van der Waals surface area contributed by atoms with Gasteiger partial charge in [-0.1, -0.05) is 18.2 Å². The topological polar surface area (TPSA) is 53.5 Å². The molecule has 1 N–H and O–H groups in total. The maximum Gasteiger partial charge on any atom is 0.316 e. The molecule has 0 spiro atoms. The Labute approximate surface area is 248 Å². The molecule has 5 aliphatic heterocycles. The lowest BCUT2D eigenvalue weighted by molar-refractivity contribution is 0.106. The molecule has 5 aliphatic rings. The first-order valence-electron chi connectivity index (χ1n) is 15.3. The molecule has 0 saturated carbocycles. The quantitative estimate of drug-likeness (QED) is 0.374. The van der Waals surface area contributed by atoms with E-state index in [-0.39, 0.29) is 11.4 Å². The largest absolute Gasteiger partial charge is 0.461 e. The number of nitrogens with one attached hydrogen (secondary N) is 1. The van der Waals surface area contributed by atoms with E-state index in [1.165, 1.54) is 24.5 Å². The fraction of sp³-hybridized carbons (Fsp3) is 0.562. The van der Waals surface area contributed by atoms with E-state index in [0.717, 1.165) is 73.0 Å². The first-order chi connectivity index (χ1) is 20.0. The lowest BCUT2D eigenvalue weighted by Crippen LogP contribution is -2.43. The highest BCUT2D eigenvalue weighted by atomic mass is 79.9. The summed E-state index contributed by atoms with van der Waals surface area (Å²) in [5.41, 5.74) is 4.18. The van der Waals surface area contributed by atoms with E-state index in [1.54, 1.807) is 0 Å². The van der Waals surface area contributed by atoms with E-state index >= 15 is 0 Å². The number of fused-ring (bicyclic) bond motifs is 5. The molecule has 9 heteroatoms. The third-order valence-electron chi connectivity index (χ3n) is 10.4. The number of anilines is 1. The van der Waals surface area contributed by atoms with Crippen molar-refractivity contribution in [3.8, 4) is 6.01 Å². The minimum absolute atomic E-state index is 0.238. The number of alkyl halides is 1. The van der Waals surface area contributed by atoms with Crippen LogP contribution in [-0.2, 0) is 13.0 Å². The Balaban J connectivity index is 1.15. The first-order valence-corrected chi connectivity index (χ1v) is 16.0. The van der Waals surface area contributed by atoms with Gasteiger partial charge in [0, 0.05) is 48.6 Å².